The van der Waals surface area contributed by atoms with E-state index in [0.717, 1.165) is 59.0 Å². The highest BCUT2D eigenvalue weighted by molar-refractivity contribution is 6.12. The molecule has 2 aromatic heterocycles. The smallest absolute Gasteiger partial charge is 0.287 e. The van der Waals surface area contributed by atoms with Crippen LogP contribution in [0.1, 0.15) is 48.7 Å². The molecule has 41 heavy (non-hydrogen) atoms. The maximum Gasteiger partial charge on any atom is 0.287 e. The van der Waals surface area contributed by atoms with Crippen LogP contribution in [0, 0.1) is 0 Å². The normalized spacial score (nSPS) is 15.2. The molecule has 3 heterocycles. The molecule has 0 aliphatic carbocycles. The maximum absolute atomic E-state index is 13.2. The number of carbonyl (C=O) groups is 2. The van der Waals surface area contributed by atoms with Crippen LogP contribution in [0.15, 0.2) is 89.5 Å². The Balaban J connectivity index is 1.11. The third-order valence-electron chi connectivity index (χ3n) is 8.08. The number of nitrogens with one attached hydrogen (secondary N) is 2. The second kappa shape index (κ2) is 11.6. The lowest BCUT2D eigenvalue weighted by Gasteiger charge is -2.36. The number of carbonyl (C=O) groups excluding carboxylic acids is 2. The first kappa shape index (κ1) is 26.7. The molecular weight excluding hydrogens is 512 g/mol. The van der Waals surface area contributed by atoms with Gasteiger partial charge in [0.25, 0.3) is 5.91 Å². The molecule has 1 fully saturated rings. The Bertz CT molecular complexity index is 1700. The first-order valence-corrected chi connectivity index (χ1v) is 14.2. The number of aromatic nitrogens is 1. The quantitative estimate of drug-likeness (QED) is 0.240. The van der Waals surface area contributed by atoms with Gasteiger partial charge in [0.2, 0.25) is 5.91 Å². The van der Waals surface area contributed by atoms with E-state index in [1.54, 1.807) is 6.20 Å². The summed E-state index contributed by atoms with van der Waals surface area (Å²) in [5.74, 6) is 0.510. The number of rotatable bonds is 7. The largest absolute Gasteiger partial charge is 0.450 e. The Morgan fingerprint density at radius 2 is 1.76 bits per heavy atom. The average Bonchev–Trinajstić information content (AvgIpc) is 3.44. The van der Waals surface area contributed by atoms with Crippen molar-refractivity contribution in [1.82, 2.24) is 15.2 Å². The summed E-state index contributed by atoms with van der Waals surface area (Å²) in [4.78, 5) is 31.6. The number of fused-ring (bicyclic) bond motifs is 3. The van der Waals surface area contributed by atoms with Gasteiger partial charge in [0.1, 0.15) is 5.58 Å². The van der Waals surface area contributed by atoms with Gasteiger partial charge in [-0.05, 0) is 86.1 Å². The molecule has 1 saturated heterocycles. The number of pyridine rings is 1. The predicted molar refractivity (Wildman–Crippen MR) is 163 cm³/mol. The zero-order valence-corrected chi connectivity index (χ0v) is 23.4. The van der Waals surface area contributed by atoms with Crippen molar-refractivity contribution in [3.8, 4) is 11.3 Å². The van der Waals surface area contributed by atoms with E-state index < -0.39 is 0 Å². The van der Waals surface area contributed by atoms with Crippen LogP contribution >= 0.6 is 0 Å². The first-order valence-electron chi connectivity index (χ1n) is 14.2. The minimum absolute atomic E-state index is 0.0573. The summed E-state index contributed by atoms with van der Waals surface area (Å²) in [5, 5.41) is 8.86. The van der Waals surface area contributed by atoms with Gasteiger partial charge in [-0.1, -0.05) is 42.5 Å². The number of anilines is 1. The Morgan fingerprint density at radius 3 is 2.51 bits per heavy atom. The van der Waals surface area contributed by atoms with Crippen molar-refractivity contribution in [2.24, 2.45) is 0 Å². The molecule has 3 aromatic carbocycles. The number of nitrogens with zero attached hydrogens (tertiary/aromatic N) is 2. The highest BCUT2D eigenvalue weighted by atomic mass is 16.3. The molecule has 7 nitrogen and oxygen atoms in total. The van der Waals surface area contributed by atoms with Gasteiger partial charge in [-0.15, -0.1) is 0 Å². The average molecular weight is 547 g/mol. The van der Waals surface area contributed by atoms with Crippen LogP contribution in [0.5, 0.6) is 0 Å². The molecule has 0 saturated carbocycles. The Kier molecular flexibility index (Phi) is 7.53. The molecule has 1 aliphatic heterocycles. The summed E-state index contributed by atoms with van der Waals surface area (Å²) in [6, 6.07) is 26.2. The molecule has 5 aromatic rings. The lowest BCUT2D eigenvalue weighted by molar-refractivity contribution is -0.114. The summed E-state index contributed by atoms with van der Waals surface area (Å²) in [6.07, 6.45) is 3.87. The van der Waals surface area contributed by atoms with E-state index in [1.807, 2.05) is 54.6 Å². The minimum Gasteiger partial charge on any atom is -0.450 e. The number of hydrogen-bond acceptors (Lipinski definition) is 5. The summed E-state index contributed by atoms with van der Waals surface area (Å²) in [6.45, 7) is 6.14. The number of benzene rings is 3. The molecule has 0 spiro atoms. The maximum atomic E-state index is 13.2. The number of amides is 2. The first-order chi connectivity index (χ1) is 20.0. The zero-order chi connectivity index (χ0) is 28.3. The summed E-state index contributed by atoms with van der Waals surface area (Å²) >= 11 is 0. The van der Waals surface area contributed by atoms with Gasteiger partial charge >= 0.3 is 0 Å². The Morgan fingerprint density at radius 1 is 0.976 bits per heavy atom. The van der Waals surface area contributed by atoms with E-state index in [0.29, 0.717) is 23.8 Å². The molecule has 208 valence electrons. The molecule has 1 atom stereocenters. The van der Waals surface area contributed by atoms with Crippen LogP contribution in [0.3, 0.4) is 0 Å². The number of piperidine rings is 1. The van der Waals surface area contributed by atoms with Crippen LogP contribution in [0.4, 0.5) is 5.69 Å². The standard InChI is InChI=1S/C34H34N4O3/c1-22(38-16-13-24(14-17-38)25-8-7-9-27(18-25)37-23(2)39)21-36-34(40)32-20-26-19-30(31-12-5-6-15-35-31)28-10-3-4-11-29(28)33(26)41-32/h3-12,15,18-20,22,24H,13-14,16-17,21H2,1-2H3,(H,36,40)(H,37,39). The Hall–Kier alpha value is -4.49. The van der Waals surface area contributed by atoms with Crippen molar-refractivity contribution < 1.29 is 14.0 Å². The predicted octanol–water partition coefficient (Wildman–Crippen LogP) is 6.60. The van der Waals surface area contributed by atoms with E-state index in [-0.39, 0.29) is 17.9 Å². The molecule has 1 aliphatic rings. The van der Waals surface area contributed by atoms with E-state index in [1.165, 1.54) is 12.5 Å². The van der Waals surface area contributed by atoms with Crippen molar-refractivity contribution in [3.05, 3.63) is 96.4 Å². The summed E-state index contributed by atoms with van der Waals surface area (Å²) in [5.41, 5.74) is 4.72. The Labute approximate surface area is 239 Å². The van der Waals surface area contributed by atoms with Gasteiger partial charge in [-0.3, -0.25) is 19.5 Å². The van der Waals surface area contributed by atoms with Gasteiger partial charge in [-0.25, -0.2) is 0 Å². The topological polar surface area (TPSA) is 87.5 Å². The molecule has 0 bridgehead atoms. The minimum atomic E-state index is -0.207. The molecule has 6 rings (SSSR count). The molecule has 2 amide bonds. The SMILES string of the molecule is CC(=O)Nc1cccc(C2CCN(C(C)CNC(=O)c3cc4cc(-c5ccccn5)c5ccccc5c4o3)CC2)c1. The zero-order valence-electron chi connectivity index (χ0n) is 23.4. The van der Waals surface area contributed by atoms with Gasteiger partial charge in [0.05, 0.1) is 5.69 Å². The highest BCUT2D eigenvalue weighted by Crippen LogP contribution is 2.36. The van der Waals surface area contributed by atoms with Crippen molar-refractivity contribution >= 4 is 39.2 Å². The van der Waals surface area contributed by atoms with Crippen LogP contribution in [0.25, 0.3) is 33.0 Å². The van der Waals surface area contributed by atoms with Gasteiger partial charge < -0.3 is 15.1 Å². The summed E-state index contributed by atoms with van der Waals surface area (Å²) in [7, 11) is 0. The van der Waals surface area contributed by atoms with Gasteiger partial charge in [0, 0.05) is 47.7 Å². The monoisotopic (exact) mass is 546 g/mol. The molecule has 0 radical (unpaired) electrons. The highest BCUT2D eigenvalue weighted by Gasteiger charge is 2.25. The van der Waals surface area contributed by atoms with E-state index in [4.69, 9.17) is 4.42 Å². The van der Waals surface area contributed by atoms with Crippen molar-refractivity contribution in [2.45, 2.75) is 38.6 Å². The third kappa shape index (κ3) is 5.72. The van der Waals surface area contributed by atoms with Crippen molar-refractivity contribution in [2.75, 3.05) is 25.0 Å². The molecule has 7 heteroatoms. The molecule has 1 unspecified atom stereocenters. The molecule has 2 N–H and O–H groups in total. The number of hydrogen-bond donors (Lipinski definition) is 2. The van der Waals surface area contributed by atoms with E-state index in [2.05, 4.69) is 51.7 Å². The molecular formula is C34H34N4O3. The fraction of sp³-hybridized carbons (Fsp3) is 0.265. The van der Waals surface area contributed by atoms with Crippen LogP contribution in [0.2, 0.25) is 0 Å². The van der Waals surface area contributed by atoms with Crippen LogP contribution in [-0.4, -0.2) is 47.4 Å². The van der Waals surface area contributed by atoms with Crippen LogP contribution < -0.4 is 10.6 Å². The van der Waals surface area contributed by atoms with Crippen molar-refractivity contribution in [3.63, 3.8) is 0 Å². The van der Waals surface area contributed by atoms with Gasteiger partial charge in [-0.2, -0.15) is 0 Å². The fourth-order valence-corrected chi connectivity index (χ4v) is 5.92. The second-order valence-corrected chi connectivity index (χ2v) is 10.9. The van der Waals surface area contributed by atoms with E-state index >= 15 is 0 Å². The lowest BCUT2D eigenvalue weighted by Crippen LogP contribution is -2.45. The summed E-state index contributed by atoms with van der Waals surface area (Å²) < 4.78 is 6.14. The fourth-order valence-electron chi connectivity index (χ4n) is 5.92. The van der Waals surface area contributed by atoms with Crippen LogP contribution in [-0.2, 0) is 4.79 Å². The third-order valence-corrected chi connectivity index (χ3v) is 8.08. The van der Waals surface area contributed by atoms with Crippen molar-refractivity contribution in [1.29, 1.82) is 0 Å². The second-order valence-electron chi connectivity index (χ2n) is 10.9. The van der Waals surface area contributed by atoms with E-state index in [9.17, 15) is 9.59 Å². The lowest BCUT2D eigenvalue weighted by atomic mass is 9.88. The number of furan rings is 1. The number of likely N-dealkylation sites (tertiary alicyclic amines) is 1. The van der Waals surface area contributed by atoms with Gasteiger partial charge in [0.15, 0.2) is 5.76 Å².